The molecule has 5 nitrogen and oxygen atoms in total. The number of aliphatic imine (C=N–C) groups is 1. The van der Waals surface area contributed by atoms with Gasteiger partial charge in [0.15, 0.2) is 17.5 Å². The Bertz CT molecular complexity index is 1400. The first-order valence-electron chi connectivity index (χ1n) is 8.76. The van der Waals surface area contributed by atoms with Crippen molar-refractivity contribution < 1.29 is 17.9 Å². The molecule has 0 radical (unpaired) electrons. The number of rotatable bonds is 2. The van der Waals surface area contributed by atoms with Crippen molar-refractivity contribution >= 4 is 16.7 Å². The van der Waals surface area contributed by atoms with Crippen LogP contribution in [0.2, 0.25) is 0 Å². The summed E-state index contributed by atoms with van der Waals surface area (Å²) in [7, 11) is 0. The van der Waals surface area contributed by atoms with Crippen LogP contribution in [0.1, 0.15) is 11.3 Å². The Balaban J connectivity index is 1.61. The van der Waals surface area contributed by atoms with Gasteiger partial charge in [0.05, 0.1) is 16.7 Å². The lowest BCUT2D eigenvalue weighted by molar-refractivity contribution is 0.424. The zero-order chi connectivity index (χ0) is 20.8. The summed E-state index contributed by atoms with van der Waals surface area (Å²) in [6.45, 7) is 0. The second kappa shape index (κ2) is 6.67. The van der Waals surface area contributed by atoms with Gasteiger partial charge in [0.25, 0.3) is 0 Å². The number of ether oxygens (including phenoxy) is 1. The molecule has 0 bridgehead atoms. The highest BCUT2D eigenvalue weighted by Gasteiger charge is 2.28. The van der Waals surface area contributed by atoms with Gasteiger partial charge in [-0.15, -0.1) is 0 Å². The molecule has 0 N–H and O–H groups in total. The van der Waals surface area contributed by atoms with Crippen LogP contribution >= 0.6 is 0 Å². The van der Waals surface area contributed by atoms with E-state index in [0.29, 0.717) is 28.1 Å². The Hall–Kier alpha value is -4.25. The monoisotopic (exact) mass is 402 g/mol. The molecule has 1 aliphatic carbocycles. The number of nitrogens with zero attached hydrogens (tertiary/aromatic N) is 4. The van der Waals surface area contributed by atoms with Crippen LogP contribution in [-0.4, -0.2) is 15.7 Å². The molecule has 0 amide bonds. The Morgan fingerprint density at radius 2 is 1.50 bits per heavy atom. The van der Waals surface area contributed by atoms with Crippen molar-refractivity contribution in [2.45, 2.75) is 0 Å². The van der Waals surface area contributed by atoms with Crippen molar-refractivity contribution in [3.8, 4) is 28.9 Å². The highest BCUT2D eigenvalue weighted by Crippen LogP contribution is 2.36. The van der Waals surface area contributed by atoms with Gasteiger partial charge in [-0.1, -0.05) is 24.3 Å². The van der Waals surface area contributed by atoms with Crippen molar-refractivity contribution in [1.29, 1.82) is 5.26 Å². The molecule has 0 saturated carbocycles. The van der Waals surface area contributed by atoms with E-state index in [1.165, 1.54) is 0 Å². The fourth-order valence-electron chi connectivity index (χ4n) is 3.36. The standard InChI is InChI=1S/C22H9F3N4O/c23-15-7-12(8-16(24)19(15)25)30-11-5-6-17-18(9-11)29-21-14-4-2-1-3-13(14)20(27-10-26)22(21)28-17/h1-9H/b27-20+. The molecule has 1 heterocycles. The molecule has 8 heteroatoms. The number of fused-ring (bicyclic) bond motifs is 4. The molecule has 3 aromatic carbocycles. The molecular formula is C22H9F3N4O. The first kappa shape index (κ1) is 17.8. The van der Waals surface area contributed by atoms with Crippen molar-refractivity contribution in [3.63, 3.8) is 0 Å². The predicted octanol–water partition coefficient (Wildman–Crippen LogP) is 5.14. The predicted molar refractivity (Wildman–Crippen MR) is 103 cm³/mol. The highest BCUT2D eigenvalue weighted by atomic mass is 19.2. The fourth-order valence-corrected chi connectivity index (χ4v) is 3.36. The number of nitriles is 1. The number of aromatic nitrogens is 2. The first-order chi connectivity index (χ1) is 14.5. The molecule has 0 aliphatic heterocycles. The van der Waals surface area contributed by atoms with E-state index in [0.717, 1.165) is 23.3 Å². The molecule has 1 aromatic heterocycles. The quantitative estimate of drug-likeness (QED) is 0.303. The normalized spacial score (nSPS) is 13.2. The van der Waals surface area contributed by atoms with Gasteiger partial charge in [0.2, 0.25) is 6.19 Å². The minimum absolute atomic E-state index is 0.186. The molecule has 0 atom stereocenters. The molecule has 1 aliphatic rings. The summed E-state index contributed by atoms with van der Waals surface area (Å²) < 4.78 is 45.5. The summed E-state index contributed by atoms with van der Waals surface area (Å²) in [5, 5.41) is 9.04. The number of hydrogen-bond acceptors (Lipinski definition) is 5. The van der Waals surface area contributed by atoms with Crippen LogP contribution in [0.3, 0.4) is 0 Å². The zero-order valence-corrected chi connectivity index (χ0v) is 15.0. The third-order valence-electron chi connectivity index (χ3n) is 4.65. The average molecular weight is 402 g/mol. The van der Waals surface area contributed by atoms with E-state index in [4.69, 9.17) is 10.00 Å². The minimum Gasteiger partial charge on any atom is -0.457 e. The van der Waals surface area contributed by atoms with Crippen LogP contribution < -0.4 is 4.74 Å². The van der Waals surface area contributed by atoms with Crippen molar-refractivity contribution in [2.24, 2.45) is 4.99 Å². The van der Waals surface area contributed by atoms with Crippen molar-refractivity contribution in [1.82, 2.24) is 9.97 Å². The van der Waals surface area contributed by atoms with Crippen LogP contribution in [0.15, 0.2) is 59.6 Å². The van der Waals surface area contributed by atoms with Gasteiger partial charge in [0.1, 0.15) is 22.9 Å². The van der Waals surface area contributed by atoms with E-state index < -0.39 is 17.5 Å². The van der Waals surface area contributed by atoms with Gasteiger partial charge in [-0.05, 0) is 12.1 Å². The molecule has 0 fully saturated rings. The Morgan fingerprint density at radius 1 is 0.800 bits per heavy atom. The smallest absolute Gasteiger partial charge is 0.206 e. The maximum Gasteiger partial charge on any atom is 0.206 e. The van der Waals surface area contributed by atoms with Gasteiger partial charge in [-0.2, -0.15) is 10.3 Å². The average Bonchev–Trinajstić information content (AvgIpc) is 3.04. The molecule has 5 rings (SSSR count). The molecule has 144 valence electrons. The van der Waals surface area contributed by atoms with Crippen LogP contribution in [0.25, 0.3) is 22.3 Å². The van der Waals surface area contributed by atoms with E-state index >= 15 is 0 Å². The van der Waals surface area contributed by atoms with E-state index in [9.17, 15) is 13.2 Å². The molecule has 30 heavy (non-hydrogen) atoms. The lowest BCUT2D eigenvalue weighted by atomic mass is 10.1. The second-order valence-electron chi connectivity index (χ2n) is 6.48. The van der Waals surface area contributed by atoms with Gasteiger partial charge >= 0.3 is 0 Å². The van der Waals surface area contributed by atoms with E-state index in [1.54, 1.807) is 24.4 Å². The van der Waals surface area contributed by atoms with Crippen LogP contribution in [0.4, 0.5) is 13.2 Å². The summed E-state index contributed by atoms with van der Waals surface area (Å²) in [6.07, 6.45) is 1.80. The van der Waals surface area contributed by atoms with Gasteiger partial charge in [-0.3, -0.25) is 0 Å². The van der Waals surface area contributed by atoms with E-state index in [2.05, 4.69) is 15.0 Å². The van der Waals surface area contributed by atoms with Crippen LogP contribution in [0, 0.1) is 28.9 Å². The largest absolute Gasteiger partial charge is 0.457 e. The molecule has 0 spiro atoms. The summed E-state index contributed by atoms with van der Waals surface area (Å²) in [5.74, 6) is -4.18. The molecule has 4 aromatic rings. The third kappa shape index (κ3) is 2.76. The molecule has 0 saturated heterocycles. The van der Waals surface area contributed by atoms with Crippen molar-refractivity contribution in [2.75, 3.05) is 0 Å². The van der Waals surface area contributed by atoms with Gasteiger partial charge in [0, 0.05) is 29.3 Å². The molecular weight excluding hydrogens is 393 g/mol. The minimum atomic E-state index is -1.56. The van der Waals surface area contributed by atoms with E-state index in [1.807, 2.05) is 24.3 Å². The summed E-state index contributed by atoms with van der Waals surface area (Å²) in [4.78, 5) is 13.1. The maximum absolute atomic E-state index is 13.4. The first-order valence-corrected chi connectivity index (χ1v) is 8.76. The lowest BCUT2D eigenvalue weighted by Crippen LogP contribution is -2.02. The topological polar surface area (TPSA) is 71.2 Å². The van der Waals surface area contributed by atoms with Gasteiger partial charge < -0.3 is 4.74 Å². The molecule has 0 unspecified atom stereocenters. The summed E-state index contributed by atoms with van der Waals surface area (Å²) in [5.41, 5.74) is 4.08. The fraction of sp³-hybridized carbons (Fsp3) is 0. The number of benzene rings is 3. The highest BCUT2D eigenvalue weighted by molar-refractivity contribution is 6.23. The Labute approximate surface area is 167 Å². The van der Waals surface area contributed by atoms with Crippen molar-refractivity contribution in [3.05, 3.63) is 83.3 Å². The van der Waals surface area contributed by atoms with Crippen LogP contribution in [-0.2, 0) is 0 Å². The number of halogens is 3. The zero-order valence-electron chi connectivity index (χ0n) is 15.0. The summed E-state index contributed by atoms with van der Waals surface area (Å²) in [6, 6.07) is 13.6. The summed E-state index contributed by atoms with van der Waals surface area (Å²) >= 11 is 0. The Morgan fingerprint density at radius 3 is 2.23 bits per heavy atom. The van der Waals surface area contributed by atoms with E-state index in [-0.39, 0.29) is 11.5 Å². The Kier molecular flexibility index (Phi) is 3.96. The second-order valence-corrected chi connectivity index (χ2v) is 6.48. The maximum atomic E-state index is 13.4. The third-order valence-corrected chi connectivity index (χ3v) is 4.65. The van der Waals surface area contributed by atoms with Crippen LogP contribution in [0.5, 0.6) is 11.5 Å². The SMILES string of the molecule is N#C/N=C1\c2ccccc2-c2nc3cc(Oc4cc(F)c(F)c(F)c4)ccc3nc21. The van der Waals surface area contributed by atoms with Gasteiger partial charge in [-0.25, -0.2) is 23.1 Å². The lowest BCUT2D eigenvalue weighted by Gasteiger charge is -2.08. The number of hydrogen-bond donors (Lipinski definition) is 0.